The third-order valence-electron chi connectivity index (χ3n) is 3.42. The van der Waals surface area contributed by atoms with Gasteiger partial charge in [0.2, 0.25) is 0 Å². The van der Waals surface area contributed by atoms with Crippen molar-refractivity contribution in [3.8, 4) is 0 Å². The van der Waals surface area contributed by atoms with Crippen molar-refractivity contribution in [2.45, 2.75) is 25.9 Å². The number of nitrogens with zero attached hydrogens (tertiary/aromatic N) is 2. The zero-order valence-corrected chi connectivity index (χ0v) is 11.9. The Labute approximate surface area is 122 Å². The van der Waals surface area contributed by atoms with E-state index in [2.05, 4.69) is 10.3 Å². The summed E-state index contributed by atoms with van der Waals surface area (Å²) < 4.78 is 5.24. The van der Waals surface area contributed by atoms with E-state index in [-0.39, 0.29) is 18.7 Å². The number of likely N-dealkylation sites (tertiary alicyclic amines) is 1. The molecule has 2 rings (SSSR count). The molecule has 1 aromatic heterocycles. The van der Waals surface area contributed by atoms with E-state index >= 15 is 0 Å². The van der Waals surface area contributed by atoms with Gasteiger partial charge in [0, 0.05) is 19.3 Å². The molecule has 0 aliphatic carbocycles. The summed E-state index contributed by atoms with van der Waals surface area (Å²) in [6.45, 7) is 2.65. The Balaban J connectivity index is 1.81. The lowest BCUT2D eigenvalue weighted by Crippen LogP contribution is -2.43. The van der Waals surface area contributed by atoms with E-state index < -0.39 is 5.97 Å². The minimum Gasteiger partial charge on any atom is -0.480 e. The van der Waals surface area contributed by atoms with Crippen LogP contribution in [-0.2, 0) is 9.53 Å². The Morgan fingerprint density at radius 3 is 2.81 bits per heavy atom. The second-order valence-corrected chi connectivity index (χ2v) is 4.96. The van der Waals surface area contributed by atoms with Crippen LogP contribution < -0.4 is 5.32 Å². The predicted molar refractivity (Wildman–Crippen MR) is 76.2 cm³/mol. The average molecular weight is 293 g/mol. The number of carbonyl (C=O) groups is 2. The van der Waals surface area contributed by atoms with E-state index in [1.165, 1.54) is 0 Å². The van der Waals surface area contributed by atoms with Gasteiger partial charge >= 0.3 is 12.0 Å². The van der Waals surface area contributed by atoms with Crippen molar-refractivity contribution < 1.29 is 19.4 Å². The summed E-state index contributed by atoms with van der Waals surface area (Å²) >= 11 is 0. The number of carbonyl (C=O) groups excluding carboxylic acids is 1. The molecule has 0 unspecified atom stereocenters. The maximum atomic E-state index is 12.1. The molecule has 1 aromatic rings. The molecular weight excluding hydrogens is 274 g/mol. The summed E-state index contributed by atoms with van der Waals surface area (Å²) in [5.41, 5.74) is 1.47. The highest BCUT2D eigenvalue weighted by atomic mass is 16.5. The van der Waals surface area contributed by atoms with Crippen molar-refractivity contribution >= 4 is 17.7 Å². The topological polar surface area (TPSA) is 91.8 Å². The number of ether oxygens (including phenoxy) is 1. The van der Waals surface area contributed by atoms with Crippen molar-refractivity contribution in [3.63, 3.8) is 0 Å². The molecule has 2 heterocycles. The highest BCUT2D eigenvalue weighted by Gasteiger charge is 2.24. The molecule has 21 heavy (non-hydrogen) atoms. The third kappa shape index (κ3) is 4.42. The zero-order valence-electron chi connectivity index (χ0n) is 11.9. The number of aliphatic carboxylic acids is 1. The molecule has 7 nitrogen and oxygen atoms in total. The fourth-order valence-electron chi connectivity index (χ4n) is 2.23. The molecule has 0 spiro atoms. The SMILES string of the molecule is Cc1ncccc1NC(=O)N1CCC(OCC(=O)O)CC1. The number of hydrogen-bond donors (Lipinski definition) is 2. The number of aryl methyl sites for hydroxylation is 1. The number of amides is 2. The molecule has 1 aliphatic heterocycles. The minimum atomic E-state index is -0.970. The average Bonchev–Trinajstić information content (AvgIpc) is 2.48. The number of rotatable bonds is 4. The van der Waals surface area contributed by atoms with Crippen molar-refractivity contribution in [1.29, 1.82) is 0 Å². The number of urea groups is 1. The van der Waals surface area contributed by atoms with Gasteiger partial charge in [-0.3, -0.25) is 4.98 Å². The third-order valence-corrected chi connectivity index (χ3v) is 3.42. The van der Waals surface area contributed by atoms with Crippen LogP contribution in [0.4, 0.5) is 10.5 Å². The van der Waals surface area contributed by atoms with Crippen molar-refractivity contribution in [2.75, 3.05) is 25.0 Å². The fraction of sp³-hybridized carbons (Fsp3) is 0.500. The molecule has 114 valence electrons. The van der Waals surface area contributed by atoms with Crippen LogP contribution >= 0.6 is 0 Å². The minimum absolute atomic E-state index is 0.0923. The summed E-state index contributed by atoms with van der Waals surface area (Å²) in [5, 5.41) is 11.4. The number of carboxylic acid groups (broad SMARTS) is 1. The van der Waals surface area contributed by atoms with Gasteiger partial charge in [-0.15, -0.1) is 0 Å². The van der Waals surface area contributed by atoms with Crippen LogP contribution in [0.2, 0.25) is 0 Å². The van der Waals surface area contributed by atoms with Gasteiger partial charge in [0.05, 0.1) is 17.5 Å². The molecule has 7 heteroatoms. The first-order valence-corrected chi connectivity index (χ1v) is 6.87. The van der Waals surface area contributed by atoms with Crippen molar-refractivity contribution in [3.05, 3.63) is 24.0 Å². The van der Waals surface area contributed by atoms with Crippen LogP contribution in [0, 0.1) is 6.92 Å². The highest BCUT2D eigenvalue weighted by molar-refractivity contribution is 5.89. The van der Waals surface area contributed by atoms with Gasteiger partial charge in [-0.2, -0.15) is 0 Å². The molecule has 1 aliphatic rings. The number of anilines is 1. The summed E-state index contributed by atoms with van der Waals surface area (Å²) in [6, 6.07) is 3.42. The molecule has 0 atom stereocenters. The van der Waals surface area contributed by atoms with E-state index in [0.29, 0.717) is 31.6 Å². The Hall–Kier alpha value is -2.15. The van der Waals surface area contributed by atoms with Crippen LogP contribution in [0.25, 0.3) is 0 Å². The summed E-state index contributed by atoms with van der Waals surface area (Å²) in [7, 11) is 0. The monoisotopic (exact) mass is 293 g/mol. The van der Waals surface area contributed by atoms with E-state index in [1.807, 2.05) is 13.0 Å². The maximum absolute atomic E-state index is 12.1. The maximum Gasteiger partial charge on any atom is 0.329 e. The lowest BCUT2D eigenvalue weighted by Gasteiger charge is -2.31. The first-order chi connectivity index (χ1) is 10.1. The standard InChI is InChI=1S/C14H19N3O4/c1-10-12(3-2-6-15-10)16-14(20)17-7-4-11(5-8-17)21-9-13(18)19/h2-3,6,11H,4-5,7-9H2,1H3,(H,16,20)(H,18,19). The highest BCUT2D eigenvalue weighted by Crippen LogP contribution is 2.16. The van der Waals surface area contributed by atoms with Crippen LogP contribution in [0.3, 0.4) is 0 Å². The lowest BCUT2D eigenvalue weighted by atomic mass is 10.1. The molecule has 1 fully saturated rings. The molecule has 0 bridgehead atoms. The number of piperidine rings is 1. The number of hydrogen-bond acceptors (Lipinski definition) is 4. The van der Waals surface area contributed by atoms with Crippen molar-refractivity contribution in [2.24, 2.45) is 0 Å². The Bertz CT molecular complexity index is 513. The van der Waals surface area contributed by atoms with Gasteiger partial charge in [0.15, 0.2) is 0 Å². The summed E-state index contributed by atoms with van der Waals surface area (Å²) in [6.07, 6.45) is 2.88. The Morgan fingerprint density at radius 1 is 1.48 bits per heavy atom. The molecule has 0 saturated carbocycles. The molecule has 0 radical (unpaired) electrons. The lowest BCUT2D eigenvalue weighted by molar-refractivity contribution is -0.145. The second-order valence-electron chi connectivity index (χ2n) is 4.96. The molecule has 2 N–H and O–H groups in total. The van der Waals surface area contributed by atoms with E-state index in [4.69, 9.17) is 9.84 Å². The van der Waals surface area contributed by atoms with Crippen molar-refractivity contribution in [1.82, 2.24) is 9.88 Å². The molecule has 0 aromatic carbocycles. The van der Waals surface area contributed by atoms with Crippen LogP contribution in [0.5, 0.6) is 0 Å². The van der Waals surface area contributed by atoms with E-state index in [0.717, 1.165) is 5.69 Å². The smallest absolute Gasteiger partial charge is 0.329 e. The fourth-order valence-corrected chi connectivity index (χ4v) is 2.23. The largest absolute Gasteiger partial charge is 0.480 e. The zero-order chi connectivity index (χ0) is 15.2. The van der Waals surface area contributed by atoms with Gasteiger partial charge in [-0.25, -0.2) is 9.59 Å². The van der Waals surface area contributed by atoms with Crippen LogP contribution in [-0.4, -0.2) is 52.8 Å². The first-order valence-electron chi connectivity index (χ1n) is 6.87. The summed E-state index contributed by atoms with van der Waals surface area (Å²) in [5.74, 6) is -0.970. The number of aromatic nitrogens is 1. The number of pyridine rings is 1. The van der Waals surface area contributed by atoms with Gasteiger partial charge < -0.3 is 20.1 Å². The molecule has 1 saturated heterocycles. The predicted octanol–water partition coefficient (Wildman–Crippen LogP) is 1.49. The van der Waals surface area contributed by atoms with Gasteiger partial charge in [-0.1, -0.05) is 0 Å². The van der Waals surface area contributed by atoms with Crippen LogP contribution in [0.1, 0.15) is 18.5 Å². The van der Waals surface area contributed by atoms with Gasteiger partial charge in [0.1, 0.15) is 6.61 Å². The van der Waals surface area contributed by atoms with E-state index in [1.54, 1.807) is 17.2 Å². The quantitative estimate of drug-likeness (QED) is 0.877. The normalized spacial score (nSPS) is 15.8. The Kier molecular flexibility index (Phi) is 5.10. The first kappa shape index (κ1) is 15.2. The van der Waals surface area contributed by atoms with E-state index in [9.17, 15) is 9.59 Å². The number of carboxylic acids is 1. The number of nitrogens with one attached hydrogen (secondary N) is 1. The Morgan fingerprint density at radius 2 is 2.19 bits per heavy atom. The molecule has 2 amide bonds. The molecular formula is C14H19N3O4. The van der Waals surface area contributed by atoms with Gasteiger partial charge in [0.25, 0.3) is 0 Å². The second kappa shape index (κ2) is 7.03. The van der Waals surface area contributed by atoms with Crippen LogP contribution in [0.15, 0.2) is 18.3 Å². The summed E-state index contributed by atoms with van der Waals surface area (Å²) in [4.78, 5) is 28.4. The van der Waals surface area contributed by atoms with Gasteiger partial charge in [-0.05, 0) is 31.9 Å².